The molecule has 0 rings (SSSR count). The van der Waals surface area contributed by atoms with Crippen molar-refractivity contribution < 1.29 is 4.57 Å². The van der Waals surface area contributed by atoms with Crippen molar-refractivity contribution in [3.8, 4) is 0 Å². The summed E-state index contributed by atoms with van der Waals surface area (Å²) in [5, 5.41) is 0. The molecule has 9 heavy (non-hydrogen) atoms. The van der Waals surface area contributed by atoms with Crippen LogP contribution < -0.4 is 0 Å². The van der Waals surface area contributed by atoms with Gasteiger partial charge in [-0.25, -0.2) is 0 Å². The SMILES string of the molecule is CC=C(C)CP(C)(C)=O. The topological polar surface area (TPSA) is 17.1 Å². The van der Waals surface area contributed by atoms with Crippen LogP contribution in [0, 0.1) is 0 Å². The monoisotopic (exact) mass is 146 g/mol. The molecule has 0 fully saturated rings. The highest BCUT2D eigenvalue weighted by molar-refractivity contribution is 7.62. The van der Waals surface area contributed by atoms with Gasteiger partial charge >= 0.3 is 0 Å². The zero-order valence-electron chi connectivity index (χ0n) is 6.64. The average Bonchev–Trinajstić information content (AvgIpc) is 1.62. The molecule has 0 aliphatic heterocycles. The Morgan fingerprint density at radius 3 is 2.11 bits per heavy atom. The normalized spacial score (nSPS) is 14.0. The summed E-state index contributed by atoms with van der Waals surface area (Å²) in [6.45, 7) is 7.63. The first-order valence-corrected chi connectivity index (χ1v) is 5.90. The van der Waals surface area contributed by atoms with Crippen molar-refractivity contribution in [2.45, 2.75) is 13.8 Å². The van der Waals surface area contributed by atoms with Gasteiger partial charge in [0.2, 0.25) is 0 Å². The Morgan fingerprint density at radius 2 is 2.00 bits per heavy atom. The van der Waals surface area contributed by atoms with Gasteiger partial charge in [0.25, 0.3) is 0 Å². The summed E-state index contributed by atoms with van der Waals surface area (Å²) in [5.41, 5.74) is 1.23. The first kappa shape index (κ1) is 8.97. The fraction of sp³-hybridized carbons (Fsp3) is 0.714. The molecule has 1 nitrogen and oxygen atoms in total. The third kappa shape index (κ3) is 5.85. The standard InChI is InChI=1S/C7H15OP/c1-5-7(2)6-9(3,4)8/h5H,6H2,1-4H3. The molecule has 0 radical (unpaired) electrons. The van der Waals surface area contributed by atoms with Gasteiger partial charge in [-0.15, -0.1) is 0 Å². The van der Waals surface area contributed by atoms with Crippen molar-refractivity contribution in [2.24, 2.45) is 0 Å². The summed E-state index contributed by atoms with van der Waals surface area (Å²) >= 11 is 0. The highest BCUT2D eigenvalue weighted by atomic mass is 31.2. The molecule has 0 bridgehead atoms. The molecular weight excluding hydrogens is 131 g/mol. The van der Waals surface area contributed by atoms with Crippen LogP contribution >= 0.6 is 7.14 Å². The third-order valence-electron chi connectivity index (χ3n) is 1.12. The molecule has 0 heterocycles. The first-order chi connectivity index (χ1) is 3.95. The maximum Gasteiger partial charge on any atom is 0.0857 e. The van der Waals surface area contributed by atoms with Crippen LogP contribution in [0.4, 0.5) is 0 Å². The van der Waals surface area contributed by atoms with Crippen LogP contribution in [0.5, 0.6) is 0 Å². The van der Waals surface area contributed by atoms with E-state index in [0.717, 1.165) is 6.16 Å². The molecule has 0 atom stereocenters. The van der Waals surface area contributed by atoms with Crippen LogP contribution in [-0.4, -0.2) is 19.5 Å². The molecule has 2 heteroatoms. The van der Waals surface area contributed by atoms with E-state index in [4.69, 9.17) is 0 Å². The van der Waals surface area contributed by atoms with E-state index in [1.54, 1.807) is 0 Å². The molecule has 0 aromatic carbocycles. The predicted octanol–water partition coefficient (Wildman–Crippen LogP) is 2.58. The van der Waals surface area contributed by atoms with Crippen LogP contribution in [0.25, 0.3) is 0 Å². The first-order valence-electron chi connectivity index (χ1n) is 3.11. The van der Waals surface area contributed by atoms with Crippen molar-refractivity contribution in [3.63, 3.8) is 0 Å². The van der Waals surface area contributed by atoms with E-state index < -0.39 is 7.14 Å². The van der Waals surface area contributed by atoms with Gasteiger partial charge < -0.3 is 4.57 Å². The molecule has 0 saturated carbocycles. The molecule has 0 spiro atoms. The minimum Gasteiger partial charge on any atom is -0.324 e. The Morgan fingerprint density at radius 1 is 1.56 bits per heavy atom. The second-order valence-corrected chi connectivity index (χ2v) is 6.33. The van der Waals surface area contributed by atoms with Gasteiger partial charge in [0.1, 0.15) is 0 Å². The Kier molecular flexibility index (Phi) is 3.21. The highest BCUT2D eigenvalue weighted by Crippen LogP contribution is 2.37. The van der Waals surface area contributed by atoms with Gasteiger partial charge in [0.15, 0.2) is 0 Å². The van der Waals surface area contributed by atoms with Gasteiger partial charge in [-0.1, -0.05) is 11.6 Å². The fourth-order valence-electron chi connectivity index (χ4n) is 0.692. The molecule has 0 N–H and O–H groups in total. The summed E-state index contributed by atoms with van der Waals surface area (Å²) in [6.07, 6.45) is 2.78. The van der Waals surface area contributed by atoms with Crippen LogP contribution in [0.1, 0.15) is 13.8 Å². The van der Waals surface area contributed by atoms with E-state index in [1.807, 2.05) is 33.3 Å². The van der Waals surface area contributed by atoms with Crippen LogP contribution in [0.3, 0.4) is 0 Å². The van der Waals surface area contributed by atoms with Crippen molar-refractivity contribution in [2.75, 3.05) is 19.5 Å². The fourth-order valence-corrected chi connectivity index (χ4v) is 2.08. The van der Waals surface area contributed by atoms with E-state index in [-0.39, 0.29) is 0 Å². The molecule has 0 aliphatic rings. The Labute approximate surface area is 57.5 Å². The maximum atomic E-state index is 11.1. The number of hydrogen-bond donors (Lipinski definition) is 0. The number of allylic oxidation sites excluding steroid dienone is 2. The van der Waals surface area contributed by atoms with Crippen molar-refractivity contribution >= 4 is 7.14 Å². The molecule has 0 aromatic heterocycles. The van der Waals surface area contributed by atoms with Crippen molar-refractivity contribution in [1.82, 2.24) is 0 Å². The Hall–Kier alpha value is -0.0300. The molecule has 0 aliphatic carbocycles. The lowest BCUT2D eigenvalue weighted by Crippen LogP contribution is -1.86. The zero-order chi connectivity index (χ0) is 7.49. The largest absolute Gasteiger partial charge is 0.324 e. The lowest BCUT2D eigenvalue weighted by atomic mass is 10.3. The Balaban J connectivity index is 3.90. The maximum absolute atomic E-state index is 11.1. The van der Waals surface area contributed by atoms with Crippen LogP contribution in [0.2, 0.25) is 0 Å². The van der Waals surface area contributed by atoms with Gasteiger partial charge in [-0.05, 0) is 27.2 Å². The number of hydrogen-bond acceptors (Lipinski definition) is 1. The molecule has 0 unspecified atom stereocenters. The molecule has 54 valence electrons. The van der Waals surface area contributed by atoms with E-state index in [1.165, 1.54) is 5.57 Å². The summed E-state index contributed by atoms with van der Waals surface area (Å²) in [5.74, 6) is 0. The third-order valence-corrected chi connectivity index (χ3v) is 2.38. The van der Waals surface area contributed by atoms with Crippen LogP contribution in [-0.2, 0) is 4.57 Å². The minimum atomic E-state index is -1.81. The van der Waals surface area contributed by atoms with Crippen LogP contribution in [0.15, 0.2) is 11.6 Å². The van der Waals surface area contributed by atoms with E-state index in [2.05, 4.69) is 0 Å². The quantitative estimate of drug-likeness (QED) is 0.432. The highest BCUT2D eigenvalue weighted by Gasteiger charge is 2.05. The zero-order valence-corrected chi connectivity index (χ0v) is 7.53. The van der Waals surface area contributed by atoms with E-state index in [0.29, 0.717) is 0 Å². The van der Waals surface area contributed by atoms with Gasteiger partial charge in [-0.2, -0.15) is 0 Å². The molecule has 0 aromatic rings. The Bertz CT molecular complexity index is 152. The molecule has 0 saturated heterocycles. The molecular formula is C7H15OP. The summed E-state index contributed by atoms with van der Waals surface area (Å²) in [4.78, 5) is 0. The second-order valence-electron chi connectivity index (χ2n) is 2.87. The smallest absolute Gasteiger partial charge is 0.0857 e. The summed E-state index contributed by atoms with van der Waals surface area (Å²) in [7, 11) is -1.81. The van der Waals surface area contributed by atoms with Gasteiger partial charge in [-0.3, -0.25) is 0 Å². The van der Waals surface area contributed by atoms with Crippen molar-refractivity contribution in [1.29, 1.82) is 0 Å². The lowest BCUT2D eigenvalue weighted by Gasteiger charge is -2.04. The summed E-state index contributed by atoms with van der Waals surface area (Å²) < 4.78 is 11.1. The van der Waals surface area contributed by atoms with Gasteiger partial charge in [0, 0.05) is 6.16 Å². The van der Waals surface area contributed by atoms with E-state index in [9.17, 15) is 4.57 Å². The summed E-state index contributed by atoms with van der Waals surface area (Å²) in [6, 6.07) is 0. The lowest BCUT2D eigenvalue weighted by molar-refractivity contribution is 0.583. The average molecular weight is 146 g/mol. The minimum absolute atomic E-state index is 0.767. The molecule has 0 amide bonds. The number of rotatable bonds is 2. The second kappa shape index (κ2) is 3.22. The van der Waals surface area contributed by atoms with Gasteiger partial charge in [0.05, 0.1) is 7.14 Å². The van der Waals surface area contributed by atoms with Crippen molar-refractivity contribution in [3.05, 3.63) is 11.6 Å². The predicted molar refractivity (Wildman–Crippen MR) is 43.8 cm³/mol. The van der Waals surface area contributed by atoms with E-state index >= 15 is 0 Å².